The van der Waals surface area contributed by atoms with Crippen molar-refractivity contribution in [3.8, 4) is 16.9 Å². The third kappa shape index (κ3) is 2.13. The Labute approximate surface area is 99.0 Å². The van der Waals surface area contributed by atoms with Crippen molar-refractivity contribution in [3.05, 3.63) is 53.6 Å². The number of carbonyl (C=O) groups is 1. The number of aromatic carboxylic acids is 1. The number of hydrogen-bond acceptors (Lipinski definition) is 2. The van der Waals surface area contributed by atoms with Gasteiger partial charge in [0.1, 0.15) is 5.75 Å². The monoisotopic (exact) mass is 228 g/mol. The summed E-state index contributed by atoms with van der Waals surface area (Å²) in [4.78, 5) is 10.9. The number of carboxylic acid groups (broad SMARTS) is 1. The van der Waals surface area contributed by atoms with Crippen LogP contribution in [0.3, 0.4) is 0 Å². The average Bonchev–Trinajstić information content (AvgIpc) is 2.29. The molecule has 0 radical (unpaired) electrons. The van der Waals surface area contributed by atoms with Gasteiger partial charge in [-0.25, -0.2) is 4.79 Å². The van der Waals surface area contributed by atoms with Gasteiger partial charge in [0, 0.05) is 5.56 Å². The van der Waals surface area contributed by atoms with Gasteiger partial charge in [0.15, 0.2) is 0 Å². The molecule has 2 aromatic rings. The quantitative estimate of drug-likeness (QED) is 0.830. The molecule has 86 valence electrons. The number of aromatic hydroxyl groups is 1. The summed E-state index contributed by atoms with van der Waals surface area (Å²) in [6.45, 7) is 1.74. The molecule has 0 aliphatic rings. The number of hydrogen-bond donors (Lipinski definition) is 2. The molecule has 0 aliphatic heterocycles. The van der Waals surface area contributed by atoms with E-state index in [1.54, 1.807) is 43.3 Å². The zero-order valence-corrected chi connectivity index (χ0v) is 9.34. The lowest BCUT2D eigenvalue weighted by atomic mass is 9.99. The molecule has 2 aromatic carbocycles. The molecule has 0 spiro atoms. The molecule has 3 nitrogen and oxygen atoms in total. The minimum atomic E-state index is -0.939. The first-order valence-electron chi connectivity index (χ1n) is 5.22. The summed E-state index contributed by atoms with van der Waals surface area (Å²) in [5.74, 6) is -0.749. The van der Waals surface area contributed by atoms with Crippen LogP contribution in [0, 0.1) is 6.92 Å². The van der Waals surface area contributed by atoms with Crippen molar-refractivity contribution < 1.29 is 15.0 Å². The molecule has 2 N–H and O–H groups in total. The van der Waals surface area contributed by atoms with Crippen LogP contribution in [0.4, 0.5) is 0 Å². The standard InChI is InChI=1S/C14H12O3/c1-9-8-10(6-7-11(9)14(16)17)12-4-2-3-5-13(12)15/h2-8,15H,1H3,(H,16,17). The normalized spacial score (nSPS) is 10.2. The first kappa shape index (κ1) is 11.2. The van der Waals surface area contributed by atoms with E-state index in [2.05, 4.69) is 0 Å². The highest BCUT2D eigenvalue weighted by Gasteiger charge is 2.09. The van der Waals surface area contributed by atoms with Crippen LogP contribution in [-0.2, 0) is 0 Å². The topological polar surface area (TPSA) is 57.5 Å². The predicted octanol–water partition coefficient (Wildman–Crippen LogP) is 3.07. The molecular formula is C14H12O3. The fourth-order valence-corrected chi connectivity index (χ4v) is 1.79. The first-order chi connectivity index (χ1) is 8.09. The van der Waals surface area contributed by atoms with E-state index >= 15 is 0 Å². The molecule has 2 rings (SSSR count). The Morgan fingerprint density at radius 3 is 2.41 bits per heavy atom. The molecule has 17 heavy (non-hydrogen) atoms. The molecule has 0 unspecified atom stereocenters. The lowest BCUT2D eigenvalue weighted by molar-refractivity contribution is 0.0696. The Hall–Kier alpha value is -2.29. The number of carboxylic acids is 1. The van der Waals surface area contributed by atoms with Crippen LogP contribution < -0.4 is 0 Å². The van der Waals surface area contributed by atoms with E-state index in [1.807, 2.05) is 6.07 Å². The van der Waals surface area contributed by atoms with Gasteiger partial charge in [-0.3, -0.25) is 0 Å². The van der Waals surface area contributed by atoms with Crippen molar-refractivity contribution in [2.24, 2.45) is 0 Å². The van der Waals surface area contributed by atoms with Crippen molar-refractivity contribution in [2.75, 3.05) is 0 Å². The first-order valence-corrected chi connectivity index (χ1v) is 5.22. The maximum Gasteiger partial charge on any atom is 0.335 e. The fraction of sp³-hybridized carbons (Fsp3) is 0.0714. The largest absolute Gasteiger partial charge is 0.507 e. The van der Waals surface area contributed by atoms with Crippen molar-refractivity contribution in [2.45, 2.75) is 6.92 Å². The van der Waals surface area contributed by atoms with Gasteiger partial charge in [-0.1, -0.05) is 30.3 Å². The Bertz CT molecular complexity index is 573. The third-order valence-corrected chi connectivity index (χ3v) is 2.67. The maximum atomic E-state index is 10.9. The summed E-state index contributed by atoms with van der Waals surface area (Å²) in [7, 11) is 0. The van der Waals surface area contributed by atoms with Gasteiger partial charge >= 0.3 is 5.97 Å². The SMILES string of the molecule is Cc1cc(-c2ccccc2O)ccc1C(=O)O. The highest BCUT2D eigenvalue weighted by Crippen LogP contribution is 2.29. The van der Waals surface area contributed by atoms with Crippen LogP contribution in [0.5, 0.6) is 5.75 Å². The van der Waals surface area contributed by atoms with E-state index in [1.165, 1.54) is 0 Å². The molecular weight excluding hydrogens is 216 g/mol. The Kier molecular flexibility index (Phi) is 2.83. The van der Waals surface area contributed by atoms with Crippen molar-refractivity contribution >= 4 is 5.97 Å². The van der Waals surface area contributed by atoms with E-state index < -0.39 is 5.97 Å². The van der Waals surface area contributed by atoms with Crippen LogP contribution in [0.15, 0.2) is 42.5 Å². The summed E-state index contributed by atoms with van der Waals surface area (Å²) in [5.41, 5.74) is 2.47. The number of benzene rings is 2. The predicted molar refractivity (Wildman–Crippen MR) is 65.2 cm³/mol. The number of phenols is 1. The Morgan fingerprint density at radius 2 is 1.82 bits per heavy atom. The molecule has 0 aliphatic carbocycles. The molecule has 0 atom stereocenters. The van der Waals surface area contributed by atoms with Crippen LogP contribution in [0.1, 0.15) is 15.9 Å². The number of para-hydroxylation sites is 1. The number of rotatable bonds is 2. The van der Waals surface area contributed by atoms with Gasteiger partial charge < -0.3 is 10.2 Å². The summed E-state index contributed by atoms with van der Waals surface area (Å²) in [5, 5.41) is 18.6. The number of phenolic OH excluding ortho intramolecular Hbond substituents is 1. The van der Waals surface area contributed by atoms with Crippen LogP contribution in [0.25, 0.3) is 11.1 Å². The lowest BCUT2D eigenvalue weighted by Gasteiger charge is -2.07. The van der Waals surface area contributed by atoms with Gasteiger partial charge in [-0.05, 0) is 30.2 Å². The molecule has 3 heteroatoms. The van der Waals surface area contributed by atoms with E-state index in [4.69, 9.17) is 5.11 Å². The molecule has 0 saturated heterocycles. The molecule has 0 amide bonds. The van der Waals surface area contributed by atoms with E-state index in [0.717, 1.165) is 5.56 Å². The lowest BCUT2D eigenvalue weighted by Crippen LogP contribution is -1.99. The fourth-order valence-electron chi connectivity index (χ4n) is 1.79. The average molecular weight is 228 g/mol. The second kappa shape index (κ2) is 4.29. The van der Waals surface area contributed by atoms with Gasteiger partial charge in [0.2, 0.25) is 0 Å². The van der Waals surface area contributed by atoms with E-state index in [0.29, 0.717) is 11.1 Å². The Morgan fingerprint density at radius 1 is 1.12 bits per heavy atom. The van der Waals surface area contributed by atoms with Crippen LogP contribution in [-0.4, -0.2) is 16.2 Å². The zero-order valence-electron chi connectivity index (χ0n) is 9.34. The summed E-state index contributed by atoms with van der Waals surface area (Å²) < 4.78 is 0. The highest BCUT2D eigenvalue weighted by atomic mass is 16.4. The molecule has 0 bridgehead atoms. The van der Waals surface area contributed by atoms with Gasteiger partial charge in [-0.2, -0.15) is 0 Å². The minimum absolute atomic E-state index is 0.190. The van der Waals surface area contributed by atoms with Crippen molar-refractivity contribution in [1.29, 1.82) is 0 Å². The minimum Gasteiger partial charge on any atom is -0.507 e. The van der Waals surface area contributed by atoms with E-state index in [-0.39, 0.29) is 11.3 Å². The second-order valence-electron chi connectivity index (χ2n) is 3.85. The number of aryl methyl sites for hydroxylation is 1. The molecule has 0 aromatic heterocycles. The van der Waals surface area contributed by atoms with Crippen LogP contribution >= 0.6 is 0 Å². The van der Waals surface area contributed by atoms with Gasteiger partial charge in [0.05, 0.1) is 5.56 Å². The summed E-state index contributed by atoms with van der Waals surface area (Å²) in [6, 6.07) is 12.0. The van der Waals surface area contributed by atoms with Gasteiger partial charge in [0.25, 0.3) is 0 Å². The van der Waals surface area contributed by atoms with Crippen molar-refractivity contribution in [3.63, 3.8) is 0 Å². The molecule has 0 heterocycles. The van der Waals surface area contributed by atoms with E-state index in [9.17, 15) is 9.90 Å². The highest BCUT2D eigenvalue weighted by molar-refractivity contribution is 5.90. The Balaban J connectivity index is 2.52. The van der Waals surface area contributed by atoms with Crippen LogP contribution in [0.2, 0.25) is 0 Å². The maximum absolute atomic E-state index is 10.9. The summed E-state index contributed by atoms with van der Waals surface area (Å²) >= 11 is 0. The summed E-state index contributed by atoms with van der Waals surface area (Å²) in [6.07, 6.45) is 0. The molecule has 0 fully saturated rings. The molecule has 0 saturated carbocycles. The smallest absolute Gasteiger partial charge is 0.335 e. The zero-order chi connectivity index (χ0) is 12.4. The third-order valence-electron chi connectivity index (χ3n) is 2.67. The van der Waals surface area contributed by atoms with Crippen molar-refractivity contribution in [1.82, 2.24) is 0 Å². The van der Waals surface area contributed by atoms with Gasteiger partial charge in [-0.15, -0.1) is 0 Å². The second-order valence-corrected chi connectivity index (χ2v) is 3.85.